The van der Waals surface area contributed by atoms with Crippen LogP contribution in [0.5, 0.6) is 0 Å². The van der Waals surface area contributed by atoms with E-state index < -0.39 is 10.9 Å². The summed E-state index contributed by atoms with van der Waals surface area (Å²) >= 11 is 1.46. The Hall–Kier alpha value is -2.74. The van der Waals surface area contributed by atoms with E-state index >= 15 is 0 Å². The van der Waals surface area contributed by atoms with E-state index in [4.69, 9.17) is 4.74 Å². The molecule has 1 aliphatic rings. The SMILES string of the molecule is CCOC(=O)c1c(NC(=O)Cc2ccc([N+](=O)[O-])cc2)sc2c1CCC(C(C)(C)C)C2. The summed E-state index contributed by atoms with van der Waals surface area (Å²) in [5.74, 6) is -0.164. The maximum absolute atomic E-state index is 12.7. The zero-order valence-corrected chi connectivity index (χ0v) is 19.1. The maximum Gasteiger partial charge on any atom is 0.341 e. The van der Waals surface area contributed by atoms with Crippen molar-refractivity contribution < 1.29 is 19.2 Å². The number of esters is 1. The van der Waals surface area contributed by atoms with Gasteiger partial charge in [-0.1, -0.05) is 32.9 Å². The van der Waals surface area contributed by atoms with E-state index in [1.165, 1.54) is 23.5 Å². The van der Waals surface area contributed by atoms with Crippen LogP contribution in [0, 0.1) is 21.4 Å². The molecule has 2 aromatic rings. The van der Waals surface area contributed by atoms with Gasteiger partial charge in [0.15, 0.2) is 0 Å². The molecule has 0 aliphatic heterocycles. The van der Waals surface area contributed by atoms with E-state index in [1.54, 1.807) is 19.1 Å². The van der Waals surface area contributed by atoms with Gasteiger partial charge in [0, 0.05) is 17.0 Å². The molecular formula is C23H28N2O5S. The van der Waals surface area contributed by atoms with Crippen LogP contribution in [-0.2, 0) is 28.8 Å². The van der Waals surface area contributed by atoms with Gasteiger partial charge in [0.2, 0.25) is 5.91 Å². The second-order valence-corrected chi connectivity index (χ2v) is 9.99. The van der Waals surface area contributed by atoms with Crippen molar-refractivity contribution in [3.63, 3.8) is 0 Å². The number of anilines is 1. The summed E-state index contributed by atoms with van der Waals surface area (Å²) < 4.78 is 5.28. The minimum atomic E-state index is -0.476. The van der Waals surface area contributed by atoms with Gasteiger partial charge in [-0.05, 0) is 48.6 Å². The van der Waals surface area contributed by atoms with Gasteiger partial charge in [0.25, 0.3) is 5.69 Å². The minimum absolute atomic E-state index is 0.0203. The van der Waals surface area contributed by atoms with Crippen LogP contribution in [0.3, 0.4) is 0 Å². The van der Waals surface area contributed by atoms with Gasteiger partial charge < -0.3 is 10.1 Å². The molecule has 3 rings (SSSR count). The van der Waals surface area contributed by atoms with E-state index in [9.17, 15) is 19.7 Å². The first kappa shape index (κ1) is 22.9. The van der Waals surface area contributed by atoms with Crippen LogP contribution >= 0.6 is 11.3 Å². The fourth-order valence-electron chi connectivity index (χ4n) is 3.92. The third kappa shape index (κ3) is 5.31. The number of nitro benzene ring substituents is 1. The molecule has 1 amide bonds. The number of hydrogen-bond acceptors (Lipinski definition) is 6. The molecule has 1 N–H and O–H groups in total. The Kier molecular flexibility index (Phi) is 6.79. The normalized spacial score (nSPS) is 15.8. The zero-order chi connectivity index (χ0) is 22.8. The topological polar surface area (TPSA) is 98.5 Å². The highest BCUT2D eigenvalue weighted by atomic mass is 32.1. The Morgan fingerprint density at radius 3 is 2.52 bits per heavy atom. The monoisotopic (exact) mass is 444 g/mol. The molecule has 166 valence electrons. The van der Waals surface area contributed by atoms with Gasteiger partial charge >= 0.3 is 5.97 Å². The first-order chi connectivity index (χ1) is 14.6. The molecule has 8 heteroatoms. The number of non-ortho nitro benzene ring substituents is 1. The van der Waals surface area contributed by atoms with Crippen molar-refractivity contribution in [1.29, 1.82) is 0 Å². The number of ether oxygens (including phenoxy) is 1. The van der Waals surface area contributed by atoms with Gasteiger partial charge in [-0.15, -0.1) is 11.3 Å². The standard InChI is InChI=1S/C23H28N2O5S/c1-5-30-22(27)20-17-11-8-15(23(2,3)4)13-18(17)31-21(20)24-19(26)12-14-6-9-16(10-7-14)25(28)29/h6-7,9-10,15H,5,8,11-13H2,1-4H3,(H,24,26). The Morgan fingerprint density at radius 2 is 1.94 bits per heavy atom. The number of benzene rings is 1. The van der Waals surface area contributed by atoms with Crippen LogP contribution in [-0.4, -0.2) is 23.4 Å². The molecule has 0 bridgehead atoms. The van der Waals surface area contributed by atoms with E-state index in [2.05, 4.69) is 26.1 Å². The molecule has 1 aliphatic carbocycles. The highest BCUT2D eigenvalue weighted by molar-refractivity contribution is 7.17. The summed E-state index contributed by atoms with van der Waals surface area (Å²) in [4.78, 5) is 36.8. The molecule has 1 aromatic heterocycles. The fraction of sp³-hybridized carbons (Fsp3) is 0.478. The Balaban J connectivity index is 1.82. The predicted octanol–water partition coefficient (Wildman–Crippen LogP) is 5.17. The molecule has 0 fully saturated rings. The van der Waals surface area contributed by atoms with Crippen LogP contribution < -0.4 is 5.32 Å². The molecule has 1 unspecified atom stereocenters. The third-order valence-electron chi connectivity index (χ3n) is 5.73. The summed E-state index contributed by atoms with van der Waals surface area (Å²) in [6.07, 6.45) is 2.73. The van der Waals surface area contributed by atoms with Crippen molar-refractivity contribution in [1.82, 2.24) is 0 Å². The molecule has 31 heavy (non-hydrogen) atoms. The molecule has 7 nitrogen and oxygen atoms in total. The number of carbonyl (C=O) groups is 2. The first-order valence-electron chi connectivity index (χ1n) is 10.4. The Labute approximate surface area is 186 Å². The lowest BCUT2D eigenvalue weighted by Crippen LogP contribution is -2.26. The maximum atomic E-state index is 12.7. The number of carbonyl (C=O) groups excluding carboxylic acids is 2. The minimum Gasteiger partial charge on any atom is -0.462 e. The summed E-state index contributed by atoms with van der Waals surface area (Å²) in [6, 6.07) is 5.89. The first-order valence-corrected chi connectivity index (χ1v) is 11.3. The van der Waals surface area contributed by atoms with Crippen LogP contribution in [0.25, 0.3) is 0 Å². The molecule has 0 saturated heterocycles. The number of nitrogens with zero attached hydrogens (tertiary/aromatic N) is 1. The van der Waals surface area contributed by atoms with Gasteiger partial charge in [-0.25, -0.2) is 4.79 Å². The smallest absolute Gasteiger partial charge is 0.341 e. The van der Waals surface area contributed by atoms with E-state index in [0.29, 0.717) is 22.0 Å². The van der Waals surface area contributed by atoms with Gasteiger partial charge in [-0.2, -0.15) is 0 Å². The molecule has 1 aromatic carbocycles. The fourth-order valence-corrected chi connectivity index (χ4v) is 5.26. The van der Waals surface area contributed by atoms with Crippen LogP contribution in [0.1, 0.15) is 60.5 Å². The average molecular weight is 445 g/mol. The Bertz CT molecular complexity index is 989. The average Bonchev–Trinajstić information content (AvgIpc) is 3.04. The van der Waals surface area contributed by atoms with Gasteiger partial charge in [0.05, 0.1) is 23.5 Å². The van der Waals surface area contributed by atoms with Crippen molar-refractivity contribution in [2.24, 2.45) is 11.3 Å². The number of fused-ring (bicyclic) bond motifs is 1. The Morgan fingerprint density at radius 1 is 1.26 bits per heavy atom. The van der Waals surface area contributed by atoms with E-state index in [0.717, 1.165) is 29.7 Å². The van der Waals surface area contributed by atoms with Crippen molar-refractivity contribution in [3.8, 4) is 0 Å². The molecule has 0 spiro atoms. The van der Waals surface area contributed by atoms with Gasteiger partial charge in [-0.3, -0.25) is 14.9 Å². The van der Waals surface area contributed by atoms with Crippen LogP contribution in [0.2, 0.25) is 0 Å². The zero-order valence-electron chi connectivity index (χ0n) is 18.3. The largest absolute Gasteiger partial charge is 0.462 e. The molecule has 0 saturated carbocycles. The van der Waals surface area contributed by atoms with Crippen molar-refractivity contribution in [2.45, 2.75) is 53.4 Å². The highest BCUT2D eigenvalue weighted by Crippen LogP contribution is 2.44. The quantitative estimate of drug-likeness (QED) is 0.377. The van der Waals surface area contributed by atoms with Crippen molar-refractivity contribution in [2.75, 3.05) is 11.9 Å². The second-order valence-electron chi connectivity index (χ2n) is 8.88. The lowest BCUT2D eigenvalue weighted by atomic mass is 9.72. The number of amides is 1. The summed E-state index contributed by atoms with van der Waals surface area (Å²) in [7, 11) is 0. The lowest BCUT2D eigenvalue weighted by Gasteiger charge is -2.33. The number of nitrogens with one attached hydrogen (secondary N) is 1. The number of rotatable bonds is 6. The van der Waals surface area contributed by atoms with Crippen LogP contribution in [0.4, 0.5) is 10.7 Å². The predicted molar refractivity (Wildman–Crippen MR) is 121 cm³/mol. The number of thiophene rings is 1. The summed E-state index contributed by atoms with van der Waals surface area (Å²) in [5.41, 5.74) is 2.29. The molecule has 1 heterocycles. The number of hydrogen-bond donors (Lipinski definition) is 1. The number of nitro groups is 1. The summed E-state index contributed by atoms with van der Waals surface area (Å²) in [6.45, 7) is 8.73. The summed E-state index contributed by atoms with van der Waals surface area (Å²) in [5, 5.41) is 14.2. The van der Waals surface area contributed by atoms with Crippen LogP contribution in [0.15, 0.2) is 24.3 Å². The van der Waals surface area contributed by atoms with E-state index in [1.807, 2.05) is 0 Å². The van der Waals surface area contributed by atoms with Crippen molar-refractivity contribution in [3.05, 3.63) is 55.9 Å². The van der Waals surface area contributed by atoms with Crippen molar-refractivity contribution >= 4 is 33.9 Å². The molecule has 0 radical (unpaired) electrons. The third-order valence-corrected chi connectivity index (χ3v) is 6.90. The molecular weight excluding hydrogens is 416 g/mol. The van der Waals surface area contributed by atoms with Gasteiger partial charge in [0.1, 0.15) is 5.00 Å². The lowest BCUT2D eigenvalue weighted by molar-refractivity contribution is -0.384. The highest BCUT2D eigenvalue weighted by Gasteiger charge is 2.34. The second kappa shape index (κ2) is 9.18. The van der Waals surface area contributed by atoms with E-state index in [-0.39, 0.29) is 30.0 Å². The molecule has 1 atom stereocenters.